The highest BCUT2D eigenvalue weighted by atomic mass is 16.5. The molecule has 4 rings (SSSR count). The van der Waals surface area contributed by atoms with E-state index in [-0.39, 0.29) is 24.3 Å². The molecule has 1 heterocycles. The Morgan fingerprint density at radius 3 is 2.58 bits per heavy atom. The lowest BCUT2D eigenvalue weighted by molar-refractivity contribution is -0.129. The normalized spacial score (nSPS) is 14.7. The molecule has 1 aliphatic rings. The zero-order valence-electron chi connectivity index (χ0n) is 18.7. The van der Waals surface area contributed by atoms with Gasteiger partial charge < -0.3 is 10.1 Å². The molecule has 0 bridgehead atoms. The molecular weight excluding hydrogens is 418 g/mol. The minimum Gasteiger partial charge on any atom is -0.489 e. The van der Waals surface area contributed by atoms with Crippen LogP contribution in [-0.2, 0) is 11.4 Å². The summed E-state index contributed by atoms with van der Waals surface area (Å²) in [5.74, 6) is 0.180. The second-order valence-corrected chi connectivity index (χ2v) is 8.62. The highest BCUT2D eigenvalue weighted by Gasteiger charge is 2.28. The summed E-state index contributed by atoms with van der Waals surface area (Å²) in [6.45, 7) is 2.36. The summed E-state index contributed by atoms with van der Waals surface area (Å²) in [4.78, 5) is 29.1. The van der Waals surface area contributed by atoms with Gasteiger partial charge in [0.25, 0.3) is 5.91 Å². The SMILES string of the molecule is Cc1cc(COc2ccc(C(=O)NC(CC(=O)NO)C3CCCC3)cc2)c2ccccc2n1. The van der Waals surface area contributed by atoms with Gasteiger partial charge in [0.1, 0.15) is 12.4 Å². The van der Waals surface area contributed by atoms with Gasteiger partial charge in [0, 0.05) is 34.7 Å². The number of fused-ring (bicyclic) bond motifs is 1. The quantitative estimate of drug-likeness (QED) is 0.353. The molecule has 1 saturated carbocycles. The van der Waals surface area contributed by atoms with Crippen LogP contribution in [0.1, 0.15) is 53.7 Å². The zero-order chi connectivity index (χ0) is 23.2. The average molecular weight is 448 g/mol. The van der Waals surface area contributed by atoms with E-state index in [4.69, 9.17) is 9.94 Å². The lowest BCUT2D eigenvalue weighted by Gasteiger charge is -2.24. The van der Waals surface area contributed by atoms with Crippen molar-refractivity contribution in [1.82, 2.24) is 15.8 Å². The maximum Gasteiger partial charge on any atom is 0.251 e. The molecule has 1 aromatic heterocycles. The molecule has 2 aromatic carbocycles. The van der Waals surface area contributed by atoms with Gasteiger partial charge in [-0.1, -0.05) is 31.0 Å². The molecule has 7 nitrogen and oxygen atoms in total. The fourth-order valence-corrected chi connectivity index (χ4v) is 4.57. The molecule has 3 N–H and O–H groups in total. The van der Waals surface area contributed by atoms with Gasteiger partial charge in [-0.15, -0.1) is 0 Å². The second-order valence-electron chi connectivity index (χ2n) is 8.62. The fraction of sp³-hybridized carbons (Fsp3) is 0.346. The Morgan fingerprint density at radius 1 is 1.12 bits per heavy atom. The molecule has 7 heteroatoms. The first-order valence-electron chi connectivity index (χ1n) is 11.4. The van der Waals surface area contributed by atoms with Crippen LogP contribution in [0.25, 0.3) is 10.9 Å². The van der Waals surface area contributed by atoms with Crippen LogP contribution in [0.15, 0.2) is 54.6 Å². The number of carbonyl (C=O) groups is 2. The molecule has 172 valence electrons. The summed E-state index contributed by atoms with van der Waals surface area (Å²) in [6.07, 6.45) is 4.19. The number of para-hydroxylation sites is 1. The van der Waals surface area contributed by atoms with Gasteiger partial charge in [0.2, 0.25) is 5.91 Å². The topological polar surface area (TPSA) is 101 Å². The molecule has 0 saturated heterocycles. The van der Waals surface area contributed by atoms with Gasteiger partial charge >= 0.3 is 0 Å². The molecule has 1 aliphatic carbocycles. The summed E-state index contributed by atoms with van der Waals surface area (Å²) in [6, 6.07) is 16.7. The third-order valence-electron chi connectivity index (χ3n) is 6.26. The number of nitrogens with one attached hydrogen (secondary N) is 2. The van der Waals surface area contributed by atoms with E-state index in [1.807, 2.05) is 37.3 Å². The lowest BCUT2D eigenvalue weighted by Crippen LogP contribution is -2.42. The van der Waals surface area contributed by atoms with Crippen LogP contribution < -0.4 is 15.5 Å². The first kappa shape index (κ1) is 22.7. The molecule has 1 fully saturated rings. The third kappa shape index (κ3) is 5.68. The number of benzene rings is 2. The number of carbonyl (C=O) groups excluding carboxylic acids is 2. The van der Waals surface area contributed by atoms with Crippen molar-refractivity contribution >= 4 is 22.7 Å². The first-order chi connectivity index (χ1) is 16.0. The van der Waals surface area contributed by atoms with E-state index in [1.165, 1.54) is 0 Å². The second kappa shape index (κ2) is 10.4. The van der Waals surface area contributed by atoms with Crippen molar-refractivity contribution in [2.75, 3.05) is 0 Å². The highest BCUT2D eigenvalue weighted by molar-refractivity contribution is 5.94. The van der Waals surface area contributed by atoms with Gasteiger partial charge in [-0.3, -0.25) is 19.8 Å². The van der Waals surface area contributed by atoms with Gasteiger partial charge in [0.15, 0.2) is 0 Å². The molecule has 1 atom stereocenters. The summed E-state index contributed by atoms with van der Waals surface area (Å²) < 4.78 is 5.98. The molecule has 3 aromatic rings. The number of rotatable bonds is 8. The molecule has 0 spiro atoms. The van der Waals surface area contributed by atoms with Crippen molar-refractivity contribution in [3.63, 3.8) is 0 Å². The minimum atomic E-state index is -0.491. The molecule has 0 radical (unpaired) electrons. The van der Waals surface area contributed by atoms with E-state index in [0.29, 0.717) is 17.9 Å². The van der Waals surface area contributed by atoms with Crippen LogP contribution in [0.2, 0.25) is 0 Å². The standard InChI is InChI=1S/C26H29N3O4/c1-17-14-20(22-8-4-5-9-23(22)27-17)16-33-21-12-10-19(11-13-21)26(31)28-24(15-25(30)29-32)18-6-2-3-7-18/h4-5,8-14,18,24,32H,2-3,6-7,15-16H2,1H3,(H,28,31)(H,29,30). The summed E-state index contributed by atoms with van der Waals surface area (Å²) in [5, 5.41) is 12.9. The Morgan fingerprint density at radius 2 is 1.85 bits per heavy atom. The van der Waals surface area contributed by atoms with Crippen LogP contribution in [0.5, 0.6) is 5.75 Å². The van der Waals surface area contributed by atoms with Crippen molar-refractivity contribution < 1.29 is 19.5 Å². The number of hydrogen-bond donors (Lipinski definition) is 3. The Labute approximate surface area is 193 Å². The number of nitrogens with zero attached hydrogens (tertiary/aromatic N) is 1. The maximum absolute atomic E-state index is 12.8. The minimum absolute atomic E-state index is 0.0629. The molecule has 1 unspecified atom stereocenters. The molecule has 33 heavy (non-hydrogen) atoms. The number of pyridine rings is 1. The van der Waals surface area contributed by atoms with Crippen LogP contribution >= 0.6 is 0 Å². The van der Waals surface area contributed by atoms with Crippen molar-refractivity contribution in [1.29, 1.82) is 0 Å². The van der Waals surface area contributed by atoms with Crippen molar-refractivity contribution in [2.24, 2.45) is 5.92 Å². The number of amides is 2. The van der Waals surface area contributed by atoms with Crippen LogP contribution in [0.4, 0.5) is 0 Å². The number of hydrogen-bond acceptors (Lipinski definition) is 5. The van der Waals surface area contributed by atoms with E-state index in [2.05, 4.69) is 10.3 Å². The zero-order valence-corrected chi connectivity index (χ0v) is 18.7. The van der Waals surface area contributed by atoms with E-state index < -0.39 is 5.91 Å². The van der Waals surface area contributed by atoms with E-state index >= 15 is 0 Å². The molecular formula is C26H29N3O4. The summed E-state index contributed by atoms with van der Waals surface area (Å²) >= 11 is 0. The van der Waals surface area contributed by atoms with Crippen LogP contribution in [0.3, 0.4) is 0 Å². The Balaban J connectivity index is 1.40. The Kier molecular flexibility index (Phi) is 7.19. The summed E-state index contributed by atoms with van der Waals surface area (Å²) in [7, 11) is 0. The van der Waals surface area contributed by atoms with Gasteiger partial charge in [-0.2, -0.15) is 0 Å². The maximum atomic E-state index is 12.8. The monoisotopic (exact) mass is 447 g/mol. The third-order valence-corrected chi connectivity index (χ3v) is 6.26. The molecule has 2 amide bonds. The average Bonchev–Trinajstić information content (AvgIpc) is 3.37. The number of aryl methyl sites for hydroxylation is 1. The van der Waals surface area contributed by atoms with Gasteiger partial charge in [0.05, 0.1) is 5.52 Å². The summed E-state index contributed by atoms with van der Waals surface area (Å²) in [5.41, 5.74) is 5.10. The number of aromatic nitrogens is 1. The van der Waals surface area contributed by atoms with Crippen LogP contribution in [-0.4, -0.2) is 28.0 Å². The van der Waals surface area contributed by atoms with Crippen molar-refractivity contribution in [3.8, 4) is 5.75 Å². The fourth-order valence-electron chi connectivity index (χ4n) is 4.57. The predicted molar refractivity (Wildman–Crippen MR) is 125 cm³/mol. The predicted octanol–water partition coefficient (Wildman–Crippen LogP) is 4.31. The van der Waals surface area contributed by atoms with Gasteiger partial charge in [-0.05, 0) is 62.1 Å². The van der Waals surface area contributed by atoms with Crippen LogP contribution in [0, 0.1) is 12.8 Å². The van der Waals surface area contributed by atoms with E-state index in [1.54, 1.807) is 29.7 Å². The first-order valence-corrected chi connectivity index (χ1v) is 11.4. The largest absolute Gasteiger partial charge is 0.489 e. The van der Waals surface area contributed by atoms with Crippen molar-refractivity contribution in [3.05, 3.63) is 71.4 Å². The Hall–Kier alpha value is -3.45. The highest BCUT2D eigenvalue weighted by Crippen LogP contribution is 2.29. The number of ether oxygens (including phenoxy) is 1. The molecule has 0 aliphatic heterocycles. The lowest BCUT2D eigenvalue weighted by atomic mass is 9.94. The smallest absolute Gasteiger partial charge is 0.251 e. The van der Waals surface area contributed by atoms with E-state index in [0.717, 1.165) is 47.8 Å². The number of hydroxylamine groups is 1. The van der Waals surface area contributed by atoms with Crippen molar-refractivity contribution in [2.45, 2.75) is 51.7 Å². The van der Waals surface area contributed by atoms with E-state index in [9.17, 15) is 9.59 Å². The van der Waals surface area contributed by atoms with Gasteiger partial charge in [-0.25, -0.2) is 5.48 Å². The Bertz CT molecular complexity index is 1120.